The van der Waals surface area contributed by atoms with Crippen LogP contribution in [-0.2, 0) is 4.79 Å². The van der Waals surface area contributed by atoms with Gasteiger partial charge in [0.25, 0.3) is 5.69 Å². The normalized spacial score (nSPS) is 21.4. The van der Waals surface area contributed by atoms with Crippen LogP contribution in [-0.4, -0.2) is 16.9 Å². The van der Waals surface area contributed by atoms with Gasteiger partial charge in [0.15, 0.2) is 0 Å². The molecule has 0 aromatic heterocycles. The highest BCUT2D eigenvalue weighted by Gasteiger charge is 2.23. The number of anilines is 1. The summed E-state index contributed by atoms with van der Waals surface area (Å²) < 4.78 is 0.373. The van der Waals surface area contributed by atoms with Crippen molar-refractivity contribution < 1.29 is 9.72 Å². The summed E-state index contributed by atoms with van der Waals surface area (Å²) in [6, 6.07) is 4.35. The zero-order valence-electron chi connectivity index (χ0n) is 9.88. The number of carbonyl (C=O) groups is 1. The third kappa shape index (κ3) is 3.18. The lowest BCUT2D eigenvalue weighted by molar-refractivity contribution is -0.385. The minimum Gasteiger partial charge on any atom is -0.325 e. The third-order valence-electron chi connectivity index (χ3n) is 2.86. The first-order valence-corrected chi connectivity index (χ1v) is 6.45. The van der Waals surface area contributed by atoms with Crippen LogP contribution in [0, 0.1) is 16.0 Å². The molecule has 1 aromatic rings. The predicted molar refractivity (Wildman–Crippen MR) is 74.6 cm³/mol. The number of hydrogen-bond donors (Lipinski definition) is 2. The molecule has 0 saturated heterocycles. The highest BCUT2D eigenvalue weighted by molar-refractivity contribution is 9.10. The number of nitro benzene ring substituents is 1. The molecule has 0 radical (unpaired) electrons. The van der Waals surface area contributed by atoms with Crippen LogP contribution in [0.1, 0.15) is 6.42 Å². The van der Waals surface area contributed by atoms with Gasteiger partial charge in [0.1, 0.15) is 0 Å². The van der Waals surface area contributed by atoms with Crippen LogP contribution >= 0.6 is 15.9 Å². The van der Waals surface area contributed by atoms with Crippen molar-refractivity contribution in [2.24, 2.45) is 11.7 Å². The minimum absolute atomic E-state index is 0.0866. The van der Waals surface area contributed by atoms with Gasteiger partial charge in [-0.05, 0) is 34.5 Å². The maximum Gasteiger partial charge on any atom is 0.285 e. The first-order valence-electron chi connectivity index (χ1n) is 5.66. The molecule has 2 atom stereocenters. The maximum absolute atomic E-state index is 11.9. The van der Waals surface area contributed by atoms with Crippen molar-refractivity contribution in [2.45, 2.75) is 12.5 Å². The summed E-state index contributed by atoms with van der Waals surface area (Å²) in [5.74, 6) is -0.487. The molecule has 100 valence electrons. The van der Waals surface area contributed by atoms with Crippen LogP contribution in [0.25, 0.3) is 0 Å². The van der Waals surface area contributed by atoms with Gasteiger partial charge >= 0.3 is 0 Å². The number of carbonyl (C=O) groups excluding carboxylic acids is 1. The Bertz CT molecular complexity index is 559. The molecule has 1 amide bonds. The summed E-state index contributed by atoms with van der Waals surface area (Å²) in [7, 11) is 0. The van der Waals surface area contributed by atoms with Gasteiger partial charge in [-0.2, -0.15) is 0 Å². The quantitative estimate of drug-likeness (QED) is 0.505. The maximum atomic E-state index is 11.9. The molecule has 6 nitrogen and oxygen atoms in total. The van der Waals surface area contributed by atoms with E-state index in [-0.39, 0.29) is 23.6 Å². The Morgan fingerprint density at radius 1 is 1.47 bits per heavy atom. The molecule has 2 rings (SSSR count). The topological polar surface area (TPSA) is 98.3 Å². The summed E-state index contributed by atoms with van der Waals surface area (Å²) in [5.41, 5.74) is 5.99. The van der Waals surface area contributed by atoms with E-state index < -0.39 is 4.92 Å². The molecule has 19 heavy (non-hydrogen) atoms. The molecule has 1 aliphatic rings. The van der Waals surface area contributed by atoms with Crippen LogP contribution in [0.5, 0.6) is 0 Å². The van der Waals surface area contributed by atoms with Gasteiger partial charge in [-0.3, -0.25) is 14.9 Å². The van der Waals surface area contributed by atoms with E-state index in [0.717, 1.165) is 0 Å². The van der Waals surface area contributed by atoms with E-state index in [9.17, 15) is 14.9 Å². The lowest BCUT2D eigenvalue weighted by Crippen LogP contribution is -2.24. The Morgan fingerprint density at radius 3 is 2.79 bits per heavy atom. The van der Waals surface area contributed by atoms with Crippen molar-refractivity contribution in [1.82, 2.24) is 0 Å². The summed E-state index contributed by atoms with van der Waals surface area (Å²) in [6.07, 6.45) is 4.10. The van der Waals surface area contributed by atoms with Crippen molar-refractivity contribution >= 4 is 33.2 Å². The number of amides is 1. The summed E-state index contributed by atoms with van der Waals surface area (Å²) in [6.45, 7) is 0. The average Bonchev–Trinajstić information content (AvgIpc) is 2.78. The Hall–Kier alpha value is -1.73. The van der Waals surface area contributed by atoms with Crippen LogP contribution in [0.15, 0.2) is 34.8 Å². The molecule has 3 N–H and O–H groups in total. The zero-order chi connectivity index (χ0) is 14.0. The Balaban J connectivity index is 2.11. The number of halogens is 1. The number of nitro groups is 1. The first-order chi connectivity index (χ1) is 8.97. The molecule has 1 aromatic carbocycles. The van der Waals surface area contributed by atoms with Gasteiger partial charge in [-0.15, -0.1) is 0 Å². The van der Waals surface area contributed by atoms with Crippen molar-refractivity contribution in [3.8, 4) is 0 Å². The highest BCUT2D eigenvalue weighted by Crippen LogP contribution is 2.28. The third-order valence-corrected chi connectivity index (χ3v) is 3.53. The van der Waals surface area contributed by atoms with Gasteiger partial charge in [0, 0.05) is 17.8 Å². The van der Waals surface area contributed by atoms with Crippen LogP contribution in [0.2, 0.25) is 0 Å². The second-order valence-corrected chi connectivity index (χ2v) is 5.16. The lowest BCUT2D eigenvalue weighted by atomic mass is 10.1. The molecule has 0 saturated carbocycles. The number of nitrogens with zero attached hydrogens (tertiary/aromatic N) is 1. The van der Waals surface area contributed by atoms with Gasteiger partial charge < -0.3 is 11.1 Å². The Labute approximate surface area is 117 Å². The fourth-order valence-corrected chi connectivity index (χ4v) is 2.28. The predicted octanol–water partition coefficient (Wildman–Crippen LogP) is 2.20. The largest absolute Gasteiger partial charge is 0.325 e. The lowest BCUT2D eigenvalue weighted by Gasteiger charge is -2.10. The van der Waals surface area contributed by atoms with Crippen molar-refractivity contribution in [3.05, 3.63) is 44.9 Å². The van der Waals surface area contributed by atoms with E-state index in [1.54, 1.807) is 18.2 Å². The van der Waals surface area contributed by atoms with Crippen LogP contribution < -0.4 is 11.1 Å². The number of benzene rings is 1. The molecule has 0 bridgehead atoms. The second kappa shape index (κ2) is 5.50. The second-order valence-electron chi connectivity index (χ2n) is 4.30. The summed E-state index contributed by atoms with van der Waals surface area (Å²) >= 11 is 3.09. The zero-order valence-corrected chi connectivity index (χ0v) is 11.5. The molecule has 0 aliphatic heterocycles. The standard InChI is InChI=1S/C12H12BrN3O3/c13-10-4-3-9(6-11(10)16(18)19)15-12(17)7-1-2-8(14)5-7/h1-4,6-8H,5,14H2,(H,15,17). The smallest absolute Gasteiger partial charge is 0.285 e. The number of rotatable bonds is 3. The molecule has 0 fully saturated rings. The molecule has 7 heteroatoms. The number of nitrogens with two attached hydrogens (primary N) is 1. The van der Waals surface area contributed by atoms with Crippen molar-refractivity contribution in [2.75, 3.05) is 5.32 Å². The van der Waals surface area contributed by atoms with Gasteiger partial charge in [-0.1, -0.05) is 12.2 Å². The fourth-order valence-electron chi connectivity index (χ4n) is 1.89. The molecular formula is C12H12BrN3O3. The summed E-state index contributed by atoms with van der Waals surface area (Å²) in [5, 5.41) is 13.5. The van der Waals surface area contributed by atoms with E-state index in [2.05, 4.69) is 21.2 Å². The van der Waals surface area contributed by atoms with E-state index in [4.69, 9.17) is 5.73 Å². The molecule has 0 heterocycles. The van der Waals surface area contributed by atoms with Crippen LogP contribution in [0.3, 0.4) is 0 Å². The molecule has 2 unspecified atom stereocenters. The Morgan fingerprint density at radius 2 is 2.21 bits per heavy atom. The fraction of sp³-hybridized carbons (Fsp3) is 0.250. The molecular weight excluding hydrogens is 314 g/mol. The van der Waals surface area contributed by atoms with Crippen molar-refractivity contribution in [1.29, 1.82) is 0 Å². The SMILES string of the molecule is NC1C=CC(C(=O)Nc2ccc(Br)c([N+](=O)[O-])c2)C1. The molecule has 0 spiro atoms. The van der Waals surface area contributed by atoms with E-state index >= 15 is 0 Å². The van der Waals surface area contributed by atoms with E-state index in [0.29, 0.717) is 16.6 Å². The van der Waals surface area contributed by atoms with E-state index in [1.807, 2.05) is 0 Å². The van der Waals surface area contributed by atoms with Gasteiger partial charge in [0.2, 0.25) is 5.91 Å². The minimum atomic E-state index is -0.509. The van der Waals surface area contributed by atoms with Crippen molar-refractivity contribution in [3.63, 3.8) is 0 Å². The first kappa shape index (κ1) is 13.7. The number of hydrogen-bond acceptors (Lipinski definition) is 4. The monoisotopic (exact) mass is 325 g/mol. The van der Waals surface area contributed by atoms with Gasteiger partial charge in [0.05, 0.1) is 15.3 Å². The number of nitrogens with one attached hydrogen (secondary N) is 1. The van der Waals surface area contributed by atoms with Crippen LogP contribution in [0.4, 0.5) is 11.4 Å². The Kier molecular flexibility index (Phi) is 3.96. The van der Waals surface area contributed by atoms with Gasteiger partial charge in [-0.25, -0.2) is 0 Å². The van der Waals surface area contributed by atoms with E-state index in [1.165, 1.54) is 12.1 Å². The average molecular weight is 326 g/mol. The molecule has 1 aliphatic carbocycles. The summed E-state index contributed by atoms with van der Waals surface area (Å²) in [4.78, 5) is 22.2. The highest BCUT2D eigenvalue weighted by atomic mass is 79.9.